The van der Waals surface area contributed by atoms with Gasteiger partial charge in [0.2, 0.25) is 5.95 Å². The van der Waals surface area contributed by atoms with E-state index in [-0.39, 0.29) is 23.5 Å². The quantitative estimate of drug-likeness (QED) is 0.319. The molecule has 1 aromatic heterocycles. The molecule has 0 saturated carbocycles. The molecule has 0 spiro atoms. The van der Waals surface area contributed by atoms with Crippen LogP contribution < -0.4 is 29.7 Å². The van der Waals surface area contributed by atoms with Gasteiger partial charge in [-0.05, 0) is 76.4 Å². The van der Waals surface area contributed by atoms with E-state index in [1.807, 2.05) is 12.1 Å². The average Bonchev–Trinajstić information content (AvgIpc) is 3.05. The van der Waals surface area contributed by atoms with E-state index in [2.05, 4.69) is 43.5 Å². The number of nitrogens with one attached hydrogen (secondary N) is 2. The number of rotatable bonds is 11. The van der Waals surface area contributed by atoms with E-state index in [1.165, 1.54) is 33.1 Å². The molecular weight excluding hydrogens is 554 g/mol. The van der Waals surface area contributed by atoms with Crippen LogP contribution in [0.15, 0.2) is 36.7 Å². The maximum absolute atomic E-state index is 14.7. The summed E-state index contributed by atoms with van der Waals surface area (Å²) in [5.41, 5.74) is 2.54. The fourth-order valence-corrected chi connectivity index (χ4v) is 6.15. The van der Waals surface area contributed by atoms with Crippen LogP contribution in [0.1, 0.15) is 36.8 Å². The number of ether oxygens (including phenoxy) is 3. The number of nitrogens with zero attached hydrogens (tertiary/aromatic N) is 4. The Hall–Kier alpha value is -3.70. The SMILES string of the molecule is COc1cc(Nc2ncc(CCc3c(F)c(OC)cc(OC)c3F)cn2)ccc1N1CCC(N(C)C2CCNCC2)CC1. The van der Waals surface area contributed by atoms with E-state index >= 15 is 0 Å². The molecule has 0 bridgehead atoms. The Morgan fingerprint density at radius 1 is 0.860 bits per heavy atom. The number of methoxy groups -OCH3 is 3. The molecule has 2 fully saturated rings. The highest BCUT2D eigenvalue weighted by Gasteiger charge is 2.29. The van der Waals surface area contributed by atoms with Crippen molar-refractivity contribution >= 4 is 17.3 Å². The average molecular weight is 597 g/mol. The largest absolute Gasteiger partial charge is 0.495 e. The highest BCUT2D eigenvalue weighted by molar-refractivity contribution is 5.67. The number of anilines is 3. The summed E-state index contributed by atoms with van der Waals surface area (Å²) in [5.74, 6) is -0.367. The van der Waals surface area contributed by atoms with Crippen molar-refractivity contribution in [2.75, 3.05) is 64.8 Å². The zero-order valence-electron chi connectivity index (χ0n) is 25.5. The number of benzene rings is 2. The van der Waals surface area contributed by atoms with Crippen molar-refractivity contribution in [1.82, 2.24) is 20.2 Å². The van der Waals surface area contributed by atoms with E-state index in [0.29, 0.717) is 24.5 Å². The second-order valence-corrected chi connectivity index (χ2v) is 11.2. The van der Waals surface area contributed by atoms with Crippen molar-refractivity contribution < 1.29 is 23.0 Å². The molecule has 0 radical (unpaired) electrons. The Morgan fingerprint density at radius 3 is 2.07 bits per heavy atom. The van der Waals surface area contributed by atoms with Crippen molar-refractivity contribution in [2.45, 2.75) is 50.6 Å². The first-order chi connectivity index (χ1) is 20.9. The van der Waals surface area contributed by atoms with Crippen molar-refractivity contribution in [2.24, 2.45) is 0 Å². The number of halogens is 2. The summed E-state index contributed by atoms with van der Waals surface area (Å²) in [4.78, 5) is 13.8. The lowest BCUT2D eigenvalue weighted by molar-refractivity contribution is 0.124. The number of aromatic nitrogens is 2. The predicted octanol–water partition coefficient (Wildman–Crippen LogP) is 4.96. The van der Waals surface area contributed by atoms with Crippen molar-refractivity contribution in [3.05, 3.63) is 59.4 Å². The molecule has 2 aliphatic heterocycles. The van der Waals surface area contributed by atoms with Crippen LogP contribution in [-0.2, 0) is 12.8 Å². The van der Waals surface area contributed by atoms with Crippen molar-refractivity contribution in [3.8, 4) is 17.2 Å². The first kappa shape index (κ1) is 30.7. The maximum Gasteiger partial charge on any atom is 0.227 e. The fraction of sp³-hybridized carbons (Fsp3) is 0.500. The van der Waals surface area contributed by atoms with Gasteiger partial charge in [0.15, 0.2) is 23.1 Å². The van der Waals surface area contributed by atoms with Gasteiger partial charge in [-0.3, -0.25) is 0 Å². The van der Waals surface area contributed by atoms with E-state index in [9.17, 15) is 8.78 Å². The molecule has 232 valence electrons. The first-order valence-electron chi connectivity index (χ1n) is 14.9. The molecule has 3 heterocycles. The Kier molecular flexibility index (Phi) is 10.1. The van der Waals surface area contributed by atoms with Gasteiger partial charge >= 0.3 is 0 Å². The number of aryl methyl sites for hydroxylation is 1. The molecule has 0 aliphatic carbocycles. The highest BCUT2D eigenvalue weighted by Crippen LogP contribution is 2.35. The molecule has 2 N–H and O–H groups in total. The summed E-state index contributed by atoms with van der Waals surface area (Å²) in [5, 5.41) is 6.70. The maximum atomic E-state index is 14.7. The Labute approximate surface area is 252 Å². The third-order valence-corrected chi connectivity index (χ3v) is 8.74. The Balaban J connectivity index is 1.18. The molecular formula is C32H42F2N6O3. The topological polar surface area (TPSA) is 84.0 Å². The van der Waals surface area contributed by atoms with Crippen LogP contribution in [0.5, 0.6) is 17.2 Å². The summed E-state index contributed by atoms with van der Waals surface area (Å²) in [6.45, 7) is 4.21. The standard InChI is InChI=1S/C32H42F2N6O3/c1-39(23-9-13-35-14-10-23)24-11-15-40(16-12-24)26-8-6-22(17-27(26)41-2)38-32-36-19-21(20-37-32)5-7-25-30(33)28(42-3)18-29(43-4)31(25)34/h6,8,17-20,23-24,35H,5,7,9-16H2,1-4H3,(H,36,37,38). The molecule has 3 aromatic rings. The molecule has 0 atom stereocenters. The van der Waals surface area contributed by atoms with E-state index in [0.717, 1.165) is 61.7 Å². The predicted molar refractivity (Wildman–Crippen MR) is 164 cm³/mol. The second kappa shape index (κ2) is 14.2. The van der Waals surface area contributed by atoms with E-state index in [1.54, 1.807) is 19.5 Å². The van der Waals surface area contributed by atoms with Gasteiger partial charge < -0.3 is 34.6 Å². The van der Waals surface area contributed by atoms with E-state index < -0.39 is 11.6 Å². The Bertz CT molecular complexity index is 1330. The number of hydrogen-bond acceptors (Lipinski definition) is 9. The molecule has 2 aliphatic rings. The molecule has 43 heavy (non-hydrogen) atoms. The van der Waals surface area contributed by atoms with Gasteiger partial charge in [0, 0.05) is 61.0 Å². The highest BCUT2D eigenvalue weighted by atomic mass is 19.1. The van der Waals surface area contributed by atoms with Gasteiger partial charge in [0.1, 0.15) is 5.75 Å². The van der Waals surface area contributed by atoms with Gasteiger partial charge in [0.25, 0.3) is 0 Å². The van der Waals surface area contributed by atoms with Crippen LogP contribution in [0.25, 0.3) is 0 Å². The minimum absolute atomic E-state index is 0.0600. The van der Waals surface area contributed by atoms with Crippen molar-refractivity contribution in [3.63, 3.8) is 0 Å². The van der Waals surface area contributed by atoms with Crippen LogP contribution in [0.3, 0.4) is 0 Å². The number of hydrogen-bond donors (Lipinski definition) is 2. The summed E-state index contributed by atoms with van der Waals surface area (Å²) in [6.07, 6.45) is 8.47. The Morgan fingerprint density at radius 2 is 1.47 bits per heavy atom. The monoisotopic (exact) mass is 596 g/mol. The van der Waals surface area contributed by atoms with Gasteiger partial charge in [-0.2, -0.15) is 0 Å². The lowest BCUT2D eigenvalue weighted by Crippen LogP contribution is -2.50. The van der Waals surface area contributed by atoms with Crippen LogP contribution in [0.4, 0.5) is 26.1 Å². The van der Waals surface area contributed by atoms with Crippen LogP contribution >= 0.6 is 0 Å². The summed E-state index contributed by atoms with van der Waals surface area (Å²) >= 11 is 0. The van der Waals surface area contributed by atoms with Crippen LogP contribution in [0.2, 0.25) is 0 Å². The van der Waals surface area contributed by atoms with Gasteiger partial charge in [-0.1, -0.05) is 0 Å². The minimum atomic E-state index is -0.730. The lowest BCUT2D eigenvalue weighted by atomic mass is 9.97. The third kappa shape index (κ3) is 7.10. The molecule has 0 amide bonds. The second-order valence-electron chi connectivity index (χ2n) is 11.2. The molecule has 11 heteroatoms. The molecule has 9 nitrogen and oxygen atoms in total. The van der Waals surface area contributed by atoms with E-state index in [4.69, 9.17) is 14.2 Å². The van der Waals surface area contributed by atoms with Crippen molar-refractivity contribution in [1.29, 1.82) is 0 Å². The lowest BCUT2D eigenvalue weighted by Gasteiger charge is -2.42. The minimum Gasteiger partial charge on any atom is -0.495 e. The summed E-state index contributed by atoms with van der Waals surface area (Å²) in [6, 6.07) is 8.54. The van der Waals surface area contributed by atoms with Crippen LogP contribution in [-0.4, -0.2) is 81.5 Å². The normalized spacial score (nSPS) is 16.4. The fourth-order valence-electron chi connectivity index (χ4n) is 6.15. The van der Waals surface area contributed by atoms with Crippen LogP contribution in [0, 0.1) is 11.6 Å². The van der Waals surface area contributed by atoms with Gasteiger partial charge in [0.05, 0.1) is 27.0 Å². The summed E-state index contributed by atoms with van der Waals surface area (Å²) < 4.78 is 45.2. The number of piperidine rings is 2. The molecule has 2 aromatic carbocycles. The molecule has 2 saturated heterocycles. The van der Waals surface area contributed by atoms with Gasteiger partial charge in [-0.25, -0.2) is 18.7 Å². The zero-order chi connectivity index (χ0) is 30.3. The first-order valence-corrected chi connectivity index (χ1v) is 14.9. The summed E-state index contributed by atoms with van der Waals surface area (Å²) in [7, 11) is 6.65. The third-order valence-electron chi connectivity index (χ3n) is 8.74. The molecule has 0 unspecified atom stereocenters. The zero-order valence-corrected chi connectivity index (χ0v) is 25.5. The molecule has 5 rings (SSSR count). The smallest absolute Gasteiger partial charge is 0.227 e. The van der Waals surface area contributed by atoms with Gasteiger partial charge in [-0.15, -0.1) is 0 Å².